The van der Waals surface area contributed by atoms with Crippen LogP contribution in [0.4, 0.5) is 18.0 Å². The van der Waals surface area contributed by atoms with Crippen LogP contribution < -0.4 is 5.32 Å². The Morgan fingerprint density at radius 2 is 1.57 bits per heavy atom. The molecule has 0 aliphatic heterocycles. The first kappa shape index (κ1) is 24.6. The average Bonchev–Trinajstić information content (AvgIpc) is 3.08. The van der Waals surface area contributed by atoms with Gasteiger partial charge in [0, 0.05) is 18.4 Å². The van der Waals surface area contributed by atoms with Crippen LogP contribution in [0.25, 0.3) is 11.1 Å². The first-order valence-electron chi connectivity index (χ1n) is 11.3. The highest BCUT2D eigenvalue weighted by atomic mass is 19.4. The molecule has 1 saturated carbocycles. The molecule has 2 amide bonds. The van der Waals surface area contributed by atoms with Crippen molar-refractivity contribution in [3.05, 3.63) is 59.7 Å². The lowest BCUT2D eigenvalue weighted by Crippen LogP contribution is -2.47. The molecule has 0 spiro atoms. The van der Waals surface area contributed by atoms with Crippen LogP contribution in [0, 0.1) is 5.92 Å². The number of carboxylic acids is 1. The Labute approximate surface area is 199 Å². The number of ether oxygens (including phenoxy) is 1. The molecule has 0 heterocycles. The maximum atomic E-state index is 12.7. The van der Waals surface area contributed by atoms with Crippen LogP contribution in [0.5, 0.6) is 0 Å². The highest BCUT2D eigenvalue weighted by Crippen LogP contribution is 2.44. The van der Waals surface area contributed by atoms with Gasteiger partial charge in [-0.15, -0.1) is 0 Å². The lowest BCUT2D eigenvalue weighted by Gasteiger charge is -2.36. The third-order valence-corrected chi connectivity index (χ3v) is 6.41. The predicted octanol–water partition coefficient (Wildman–Crippen LogP) is 4.17. The van der Waals surface area contributed by atoms with E-state index in [9.17, 15) is 27.6 Å². The lowest BCUT2D eigenvalue weighted by molar-refractivity contribution is -0.166. The van der Waals surface area contributed by atoms with E-state index in [-0.39, 0.29) is 30.9 Å². The Morgan fingerprint density at radius 1 is 1.00 bits per heavy atom. The first-order chi connectivity index (χ1) is 16.6. The lowest BCUT2D eigenvalue weighted by atomic mass is 9.78. The molecule has 0 aromatic heterocycles. The maximum absolute atomic E-state index is 12.7. The topological polar surface area (TPSA) is 95.9 Å². The molecular weight excluding hydrogens is 465 g/mol. The molecule has 0 unspecified atom stereocenters. The summed E-state index contributed by atoms with van der Waals surface area (Å²) in [6.45, 7) is -2.45. The molecule has 186 valence electrons. The predicted molar refractivity (Wildman–Crippen MR) is 120 cm³/mol. The molecule has 35 heavy (non-hydrogen) atoms. The molecule has 2 aromatic carbocycles. The average molecular weight is 490 g/mol. The number of hydrogen-bond acceptors (Lipinski definition) is 4. The van der Waals surface area contributed by atoms with E-state index < -0.39 is 37.2 Å². The number of rotatable bonds is 8. The number of nitrogens with one attached hydrogen (secondary N) is 1. The number of benzene rings is 2. The fourth-order valence-corrected chi connectivity index (χ4v) is 4.81. The number of nitrogens with zero attached hydrogens (tertiary/aromatic N) is 1. The molecule has 4 rings (SSSR count). The van der Waals surface area contributed by atoms with Crippen molar-refractivity contribution in [3.8, 4) is 11.1 Å². The van der Waals surface area contributed by atoms with Gasteiger partial charge >= 0.3 is 18.2 Å². The van der Waals surface area contributed by atoms with Gasteiger partial charge < -0.3 is 20.1 Å². The molecule has 2 aliphatic carbocycles. The Hall–Kier alpha value is -3.56. The highest BCUT2D eigenvalue weighted by molar-refractivity contribution is 5.82. The van der Waals surface area contributed by atoms with Crippen molar-refractivity contribution in [2.24, 2.45) is 5.92 Å². The first-order valence-corrected chi connectivity index (χ1v) is 11.3. The van der Waals surface area contributed by atoms with Crippen LogP contribution in [0.1, 0.15) is 36.3 Å². The Kier molecular flexibility index (Phi) is 7.00. The number of carboxylic acid groups (broad SMARTS) is 1. The van der Waals surface area contributed by atoms with Crippen LogP contribution in [0.15, 0.2) is 48.5 Å². The van der Waals surface area contributed by atoms with Crippen molar-refractivity contribution < 1.29 is 37.4 Å². The summed E-state index contributed by atoms with van der Waals surface area (Å²) in [5, 5.41) is 11.5. The SMILES string of the molecule is O=C(O)CN(CC(F)(F)F)C(=O)CC1CC(NC(=O)OCC2c3ccccc3-c3ccccc32)C1. The second-order valence-corrected chi connectivity index (χ2v) is 8.97. The van der Waals surface area contributed by atoms with E-state index >= 15 is 0 Å². The highest BCUT2D eigenvalue weighted by Gasteiger charge is 2.37. The molecule has 0 radical (unpaired) electrons. The molecule has 2 aromatic rings. The number of fused-ring (bicyclic) bond motifs is 3. The zero-order chi connectivity index (χ0) is 25.2. The van der Waals surface area contributed by atoms with Crippen molar-refractivity contribution in [1.82, 2.24) is 10.2 Å². The number of halogens is 3. The maximum Gasteiger partial charge on any atom is 0.407 e. The minimum Gasteiger partial charge on any atom is -0.480 e. The van der Waals surface area contributed by atoms with E-state index in [2.05, 4.69) is 5.32 Å². The fourth-order valence-electron chi connectivity index (χ4n) is 4.81. The molecule has 2 aliphatic rings. The molecule has 10 heteroatoms. The molecule has 0 atom stereocenters. The van der Waals surface area contributed by atoms with Gasteiger partial charge in [0.2, 0.25) is 5.91 Å². The third kappa shape index (κ3) is 5.93. The Morgan fingerprint density at radius 3 is 2.11 bits per heavy atom. The normalized spacial score (nSPS) is 18.7. The van der Waals surface area contributed by atoms with Gasteiger partial charge in [-0.3, -0.25) is 9.59 Å². The number of aliphatic carboxylic acids is 1. The summed E-state index contributed by atoms with van der Waals surface area (Å²) in [6, 6.07) is 15.7. The van der Waals surface area contributed by atoms with Crippen molar-refractivity contribution in [3.63, 3.8) is 0 Å². The van der Waals surface area contributed by atoms with E-state index in [1.807, 2.05) is 48.5 Å². The Bertz CT molecular complexity index is 1070. The van der Waals surface area contributed by atoms with Gasteiger partial charge in [0.15, 0.2) is 0 Å². The summed E-state index contributed by atoms with van der Waals surface area (Å²) in [5.74, 6) is -2.68. The summed E-state index contributed by atoms with van der Waals surface area (Å²) in [5.41, 5.74) is 4.42. The number of alkyl carbamates (subject to hydrolysis) is 1. The van der Waals surface area contributed by atoms with Gasteiger partial charge in [-0.2, -0.15) is 13.2 Å². The van der Waals surface area contributed by atoms with Crippen molar-refractivity contribution in [1.29, 1.82) is 0 Å². The van der Waals surface area contributed by atoms with Crippen LogP contribution in [-0.2, 0) is 14.3 Å². The summed E-state index contributed by atoms with van der Waals surface area (Å²) >= 11 is 0. The van der Waals surface area contributed by atoms with Crippen LogP contribution in [-0.4, -0.2) is 59.9 Å². The Balaban J connectivity index is 1.24. The van der Waals surface area contributed by atoms with E-state index in [1.54, 1.807) is 0 Å². The van der Waals surface area contributed by atoms with Gasteiger partial charge in [-0.1, -0.05) is 48.5 Å². The van der Waals surface area contributed by atoms with Gasteiger partial charge in [0.25, 0.3) is 0 Å². The van der Waals surface area contributed by atoms with Gasteiger partial charge in [0.1, 0.15) is 19.7 Å². The van der Waals surface area contributed by atoms with Gasteiger partial charge in [-0.05, 0) is 41.0 Å². The number of carbonyl (C=O) groups excluding carboxylic acids is 2. The molecule has 2 N–H and O–H groups in total. The molecule has 0 bridgehead atoms. The van der Waals surface area contributed by atoms with E-state index in [0.29, 0.717) is 17.7 Å². The van der Waals surface area contributed by atoms with Gasteiger partial charge in [-0.25, -0.2) is 4.79 Å². The largest absolute Gasteiger partial charge is 0.480 e. The van der Waals surface area contributed by atoms with E-state index in [4.69, 9.17) is 9.84 Å². The zero-order valence-corrected chi connectivity index (χ0v) is 18.8. The minimum atomic E-state index is -4.68. The number of alkyl halides is 3. The van der Waals surface area contributed by atoms with E-state index in [1.165, 1.54) is 0 Å². The summed E-state index contributed by atoms with van der Waals surface area (Å²) < 4.78 is 43.5. The monoisotopic (exact) mass is 490 g/mol. The summed E-state index contributed by atoms with van der Waals surface area (Å²) in [6.07, 6.45) is -4.66. The second-order valence-electron chi connectivity index (χ2n) is 8.97. The van der Waals surface area contributed by atoms with Crippen LogP contribution in [0.3, 0.4) is 0 Å². The standard InChI is InChI=1S/C25H25F3N2O5/c26-25(27,28)14-30(12-23(32)33)22(31)11-15-9-16(10-15)29-24(34)35-13-21-19-7-3-1-5-17(19)18-6-2-4-8-20(18)21/h1-8,15-16,21H,9-14H2,(H,29,34)(H,32,33). The summed E-state index contributed by atoms with van der Waals surface area (Å²) in [4.78, 5) is 35.6. The van der Waals surface area contributed by atoms with Crippen molar-refractivity contribution in [2.75, 3.05) is 19.7 Å². The number of carbonyl (C=O) groups is 3. The van der Waals surface area contributed by atoms with Crippen LogP contribution in [0.2, 0.25) is 0 Å². The number of amides is 2. The quantitative estimate of drug-likeness (QED) is 0.579. The summed E-state index contributed by atoms with van der Waals surface area (Å²) in [7, 11) is 0. The third-order valence-electron chi connectivity index (χ3n) is 6.41. The van der Waals surface area contributed by atoms with Crippen LogP contribution >= 0.6 is 0 Å². The number of hydrogen-bond donors (Lipinski definition) is 2. The smallest absolute Gasteiger partial charge is 0.407 e. The van der Waals surface area contributed by atoms with Gasteiger partial charge in [0.05, 0.1) is 0 Å². The molecule has 1 fully saturated rings. The van der Waals surface area contributed by atoms with Crippen molar-refractivity contribution >= 4 is 18.0 Å². The zero-order valence-electron chi connectivity index (χ0n) is 18.8. The fraction of sp³-hybridized carbons (Fsp3) is 0.400. The van der Waals surface area contributed by atoms with E-state index in [0.717, 1.165) is 22.3 Å². The molecular formula is C25H25F3N2O5. The second kappa shape index (κ2) is 9.97. The molecule has 7 nitrogen and oxygen atoms in total. The minimum absolute atomic E-state index is 0.0752. The molecule has 0 saturated heterocycles. The van der Waals surface area contributed by atoms with Crippen molar-refractivity contribution in [2.45, 2.75) is 37.4 Å².